The van der Waals surface area contributed by atoms with Gasteiger partial charge in [0.05, 0.1) is 13.2 Å². The number of aromatic nitrogens is 1. The highest BCUT2D eigenvalue weighted by atomic mass is 16.5. The summed E-state index contributed by atoms with van der Waals surface area (Å²) in [6.07, 6.45) is 4.13. The lowest BCUT2D eigenvalue weighted by Gasteiger charge is -2.37. The zero-order chi connectivity index (χ0) is 29.6. The molecule has 1 saturated heterocycles. The van der Waals surface area contributed by atoms with Gasteiger partial charge < -0.3 is 25.7 Å². The number of hydrogen-bond donors (Lipinski definition) is 3. The molecule has 1 aliphatic heterocycles. The van der Waals surface area contributed by atoms with Gasteiger partial charge in [-0.25, -0.2) is 0 Å². The summed E-state index contributed by atoms with van der Waals surface area (Å²) < 4.78 is 5.49. The van der Waals surface area contributed by atoms with Crippen LogP contribution in [0.3, 0.4) is 0 Å². The Morgan fingerprint density at radius 2 is 1.74 bits per heavy atom. The van der Waals surface area contributed by atoms with Crippen molar-refractivity contribution in [1.82, 2.24) is 15.2 Å². The van der Waals surface area contributed by atoms with Gasteiger partial charge in [0.2, 0.25) is 0 Å². The van der Waals surface area contributed by atoms with Crippen LogP contribution in [0.4, 0.5) is 5.69 Å². The Labute approximate surface area is 249 Å². The Morgan fingerprint density at radius 3 is 2.40 bits per heavy atom. The van der Waals surface area contributed by atoms with Crippen LogP contribution in [0.25, 0.3) is 11.1 Å². The van der Waals surface area contributed by atoms with E-state index < -0.39 is 0 Å². The molecule has 1 saturated carbocycles. The van der Waals surface area contributed by atoms with Crippen LogP contribution in [0.2, 0.25) is 0 Å². The number of nitrogens with two attached hydrogens (primary N) is 1. The van der Waals surface area contributed by atoms with Gasteiger partial charge in [-0.3, -0.25) is 14.5 Å². The zero-order valence-electron chi connectivity index (χ0n) is 25.2. The fourth-order valence-corrected chi connectivity index (χ4v) is 6.33. The lowest BCUT2D eigenvalue weighted by molar-refractivity contribution is 0.0342. The number of nitrogens with one attached hydrogen (secondary N) is 2. The highest BCUT2D eigenvalue weighted by Gasteiger charge is 2.25. The topological polar surface area (TPSA) is 104 Å². The smallest absolute Gasteiger partial charge is 0.253 e. The molecule has 2 heterocycles. The van der Waals surface area contributed by atoms with Crippen molar-refractivity contribution in [1.29, 1.82) is 0 Å². The molecule has 2 aromatic carbocycles. The van der Waals surface area contributed by atoms with Crippen molar-refractivity contribution in [2.75, 3.05) is 37.7 Å². The van der Waals surface area contributed by atoms with Gasteiger partial charge in [-0.15, -0.1) is 0 Å². The average Bonchev–Trinajstić information content (AvgIpc) is 2.98. The Hall–Kier alpha value is -3.46. The maximum Gasteiger partial charge on any atom is 0.253 e. The van der Waals surface area contributed by atoms with Crippen LogP contribution in [-0.2, 0) is 17.8 Å². The Balaban J connectivity index is 1.42. The number of carbonyl (C=O) groups excluding carboxylic acids is 1. The van der Waals surface area contributed by atoms with E-state index in [1.807, 2.05) is 32.0 Å². The summed E-state index contributed by atoms with van der Waals surface area (Å²) in [6.45, 7) is 11.3. The molecule has 42 heavy (non-hydrogen) atoms. The highest BCUT2D eigenvalue weighted by molar-refractivity contribution is 5.97. The number of ether oxygens (including phenoxy) is 1. The second kappa shape index (κ2) is 13.7. The van der Waals surface area contributed by atoms with E-state index in [1.165, 1.54) is 5.56 Å². The maximum atomic E-state index is 13.6. The van der Waals surface area contributed by atoms with Crippen molar-refractivity contribution in [2.24, 2.45) is 5.73 Å². The highest BCUT2D eigenvalue weighted by Crippen LogP contribution is 2.32. The average molecular weight is 572 g/mol. The standard InChI is InChI=1S/C34H45N5O3/c1-4-39(30-11-9-29(35)10-12-30)31-19-27(26-7-5-25(6-8-26)22-38-13-15-42-16-14-38)18-28(20-31)33(40)36-21-32-23(2)17-24(3)37-34(32)41/h5-8,17-20,29-30H,4,9-16,21-22,35H2,1-3H3,(H,36,40)(H,37,41). The lowest BCUT2D eigenvalue weighted by Crippen LogP contribution is -2.41. The fourth-order valence-electron chi connectivity index (χ4n) is 6.33. The fraction of sp³-hybridized carbons (Fsp3) is 0.471. The van der Waals surface area contributed by atoms with Gasteiger partial charge >= 0.3 is 0 Å². The molecular weight excluding hydrogens is 526 g/mol. The van der Waals surface area contributed by atoms with Crippen LogP contribution in [0.15, 0.2) is 53.3 Å². The third kappa shape index (κ3) is 7.30. The molecule has 2 fully saturated rings. The molecule has 0 radical (unpaired) electrons. The third-order valence-electron chi connectivity index (χ3n) is 8.75. The molecule has 0 bridgehead atoms. The molecule has 5 rings (SSSR count). The van der Waals surface area contributed by atoms with Gasteiger partial charge in [0.25, 0.3) is 11.5 Å². The molecule has 0 spiro atoms. The lowest BCUT2D eigenvalue weighted by atomic mass is 9.90. The summed E-state index contributed by atoms with van der Waals surface area (Å²) in [5.41, 5.74) is 13.3. The largest absolute Gasteiger partial charge is 0.379 e. The first-order chi connectivity index (χ1) is 20.3. The number of amides is 1. The van der Waals surface area contributed by atoms with E-state index >= 15 is 0 Å². The van der Waals surface area contributed by atoms with Crippen LogP contribution in [0.5, 0.6) is 0 Å². The molecule has 2 aliphatic rings. The summed E-state index contributed by atoms with van der Waals surface area (Å²) in [5.74, 6) is -0.192. The summed E-state index contributed by atoms with van der Waals surface area (Å²) >= 11 is 0. The monoisotopic (exact) mass is 571 g/mol. The molecule has 8 nitrogen and oxygen atoms in total. The molecule has 1 aromatic heterocycles. The quantitative estimate of drug-likeness (QED) is 0.349. The van der Waals surface area contributed by atoms with Crippen molar-refractivity contribution in [3.05, 3.63) is 86.8 Å². The summed E-state index contributed by atoms with van der Waals surface area (Å²) in [6, 6.07) is 17.4. The summed E-state index contributed by atoms with van der Waals surface area (Å²) in [4.78, 5) is 33.8. The van der Waals surface area contributed by atoms with E-state index in [2.05, 4.69) is 57.4 Å². The Morgan fingerprint density at radius 1 is 1.02 bits per heavy atom. The van der Waals surface area contributed by atoms with Crippen LogP contribution < -0.4 is 21.5 Å². The number of carbonyl (C=O) groups is 1. The molecule has 3 aromatic rings. The molecule has 0 unspecified atom stereocenters. The number of rotatable bonds is 9. The number of aromatic amines is 1. The van der Waals surface area contributed by atoms with Crippen LogP contribution in [0, 0.1) is 13.8 Å². The van der Waals surface area contributed by atoms with Gasteiger partial charge in [-0.05, 0) is 93.0 Å². The van der Waals surface area contributed by atoms with Crippen molar-refractivity contribution >= 4 is 11.6 Å². The number of morpholine rings is 1. The number of pyridine rings is 1. The molecular formula is C34H45N5O3. The zero-order valence-corrected chi connectivity index (χ0v) is 25.2. The van der Waals surface area contributed by atoms with Crippen LogP contribution >= 0.6 is 0 Å². The number of nitrogens with zero attached hydrogens (tertiary/aromatic N) is 2. The second-order valence-corrected chi connectivity index (χ2v) is 11.8. The van der Waals surface area contributed by atoms with Crippen LogP contribution in [0.1, 0.15) is 65.3 Å². The Bertz CT molecular complexity index is 1420. The van der Waals surface area contributed by atoms with Crippen LogP contribution in [-0.4, -0.2) is 60.7 Å². The molecule has 1 aliphatic carbocycles. The van der Waals surface area contributed by atoms with Gasteiger partial charge in [-0.2, -0.15) is 0 Å². The SMILES string of the molecule is CCN(c1cc(C(=O)NCc2c(C)cc(C)[nH]c2=O)cc(-c2ccc(CN3CCOCC3)cc2)c1)C1CCC(N)CC1. The summed E-state index contributed by atoms with van der Waals surface area (Å²) in [7, 11) is 0. The van der Waals surface area contributed by atoms with Gasteiger partial charge in [0.15, 0.2) is 0 Å². The van der Waals surface area contributed by atoms with E-state index in [-0.39, 0.29) is 24.1 Å². The minimum Gasteiger partial charge on any atom is -0.379 e. The van der Waals surface area contributed by atoms with Crippen molar-refractivity contribution in [3.63, 3.8) is 0 Å². The van der Waals surface area contributed by atoms with Crippen molar-refractivity contribution < 1.29 is 9.53 Å². The Kier molecular flexibility index (Phi) is 9.77. The number of benzene rings is 2. The van der Waals surface area contributed by atoms with E-state index in [9.17, 15) is 9.59 Å². The molecule has 0 atom stereocenters. The van der Waals surface area contributed by atoms with E-state index in [4.69, 9.17) is 10.5 Å². The second-order valence-electron chi connectivity index (χ2n) is 11.8. The normalized spacial score (nSPS) is 19.4. The first-order valence-corrected chi connectivity index (χ1v) is 15.3. The van der Waals surface area contributed by atoms with Gasteiger partial charge in [0.1, 0.15) is 0 Å². The number of anilines is 1. The maximum absolute atomic E-state index is 13.6. The number of aryl methyl sites for hydroxylation is 2. The summed E-state index contributed by atoms with van der Waals surface area (Å²) in [5, 5.41) is 3.01. The number of hydrogen-bond acceptors (Lipinski definition) is 6. The first-order valence-electron chi connectivity index (χ1n) is 15.3. The number of H-pyrrole nitrogens is 1. The minimum absolute atomic E-state index is 0.160. The van der Waals surface area contributed by atoms with E-state index in [0.29, 0.717) is 17.2 Å². The van der Waals surface area contributed by atoms with Gasteiger partial charge in [-0.1, -0.05) is 24.3 Å². The predicted octanol–water partition coefficient (Wildman–Crippen LogP) is 4.52. The van der Waals surface area contributed by atoms with E-state index in [1.54, 1.807) is 0 Å². The molecule has 4 N–H and O–H groups in total. The van der Waals surface area contributed by atoms with Crippen molar-refractivity contribution in [2.45, 2.75) is 71.6 Å². The first kappa shape index (κ1) is 30.0. The van der Waals surface area contributed by atoms with Gasteiger partial charge in [0, 0.05) is 67.3 Å². The van der Waals surface area contributed by atoms with Crippen molar-refractivity contribution in [3.8, 4) is 11.1 Å². The molecule has 8 heteroatoms. The minimum atomic E-state index is -0.192. The predicted molar refractivity (Wildman–Crippen MR) is 169 cm³/mol. The third-order valence-corrected chi connectivity index (χ3v) is 8.75. The molecule has 224 valence electrons. The molecule has 1 amide bonds. The van der Waals surface area contributed by atoms with E-state index in [0.717, 1.165) is 93.1 Å².